The zero-order valence-electron chi connectivity index (χ0n) is 17.8. The molecule has 0 bridgehead atoms. The van der Waals surface area contributed by atoms with E-state index in [0.29, 0.717) is 11.1 Å². The molecule has 34 heavy (non-hydrogen) atoms. The van der Waals surface area contributed by atoms with E-state index in [2.05, 4.69) is 9.97 Å². The molecule has 3 aromatic rings. The second kappa shape index (κ2) is 9.53. The average Bonchev–Trinajstić information content (AvgIpc) is 2.83. The average molecular weight is 490 g/mol. The number of carboxylic acid groups (broad SMARTS) is 1. The number of ether oxygens (including phenoxy) is 1. The molecule has 1 aliphatic rings. The van der Waals surface area contributed by atoms with Crippen LogP contribution in [0.5, 0.6) is 0 Å². The van der Waals surface area contributed by atoms with Gasteiger partial charge in [0.15, 0.2) is 0 Å². The lowest BCUT2D eigenvalue weighted by atomic mass is 9.68. The Labute approximate surface area is 194 Å². The molecule has 0 saturated heterocycles. The quantitative estimate of drug-likeness (QED) is 0.490. The Morgan fingerprint density at radius 2 is 1.74 bits per heavy atom. The van der Waals surface area contributed by atoms with Crippen molar-refractivity contribution in [2.24, 2.45) is 0 Å². The lowest BCUT2D eigenvalue weighted by Crippen LogP contribution is -2.64. The number of hydrogen-bond acceptors (Lipinski definition) is 6. The number of sulfonamides is 1. The largest absolute Gasteiger partial charge is 0.480 e. The summed E-state index contributed by atoms with van der Waals surface area (Å²) in [4.78, 5) is 19.6. The van der Waals surface area contributed by atoms with E-state index in [1.54, 1.807) is 42.7 Å². The molecule has 2 aromatic carbocycles. The minimum Gasteiger partial charge on any atom is -0.480 e. The van der Waals surface area contributed by atoms with Crippen LogP contribution in [-0.4, -0.2) is 53.0 Å². The van der Waals surface area contributed by atoms with Gasteiger partial charge in [0, 0.05) is 18.0 Å². The predicted molar refractivity (Wildman–Crippen MR) is 117 cm³/mol. The van der Waals surface area contributed by atoms with Gasteiger partial charge in [-0.25, -0.2) is 18.4 Å². The first kappa shape index (κ1) is 23.9. The number of aromatic nitrogens is 2. The molecule has 0 radical (unpaired) electrons. The fourth-order valence-electron chi connectivity index (χ4n) is 4.28. The van der Waals surface area contributed by atoms with E-state index in [1.807, 2.05) is 0 Å². The van der Waals surface area contributed by atoms with Crippen LogP contribution in [0.1, 0.15) is 18.4 Å². The SMILES string of the molecule is O=C(O)CN(C1(c2ccc(-c3cncnc3)cc2)CCC1OC(F)F)S(=O)(=O)c1ccccc1. The van der Waals surface area contributed by atoms with E-state index in [1.165, 1.54) is 30.6 Å². The number of halogens is 2. The number of carbonyl (C=O) groups is 1. The molecule has 0 amide bonds. The molecule has 1 fully saturated rings. The molecule has 0 spiro atoms. The van der Waals surface area contributed by atoms with Gasteiger partial charge in [0.1, 0.15) is 12.9 Å². The molecule has 1 saturated carbocycles. The van der Waals surface area contributed by atoms with E-state index in [9.17, 15) is 27.1 Å². The van der Waals surface area contributed by atoms with Crippen LogP contribution in [0.15, 0.2) is 78.2 Å². The highest BCUT2D eigenvalue weighted by molar-refractivity contribution is 7.89. The first-order chi connectivity index (χ1) is 16.2. The van der Waals surface area contributed by atoms with E-state index in [4.69, 9.17) is 4.74 Å². The fourth-order valence-corrected chi connectivity index (χ4v) is 6.06. The number of hydrogen-bond donors (Lipinski definition) is 1. The molecule has 2 atom stereocenters. The van der Waals surface area contributed by atoms with Crippen molar-refractivity contribution in [1.29, 1.82) is 0 Å². The molecular weight excluding hydrogens is 468 g/mol. The molecule has 2 unspecified atom stereocenters. The Morgan fingerprint density at radius 3 is 2.26 bits per heavy atom. The Hall–Kier alpha value is -3.28. The third-order valence-corrected chi connectivity index (χ3v) is 7.82. The van der Waals surface area contributed by atoms with Crippen molar-refractivity contribution in [1.82, 2.24) is 14.3 Å². The number of carboxylic acids is 1. The summed E-state index contributed by atoms with van der Waals surface area (Å²) in [7, 11) is -4.39. The molecule has 1 N–H and O–H groups in total. The first-order valence-corrected chi connectivity index (χ1v) is 11.8. The number of benzene rings is 2. The maximum atomic E-state index is 13.6. The fraction of sp³-hybridized carbons (Fsp3) is 0.261. The molecule has 1 aliphatic carbocycles. The van der Waals surface area contributed by atoms with Crippen molar-refractivity contribution in [3.8, 4) is 11.1 Å². The summed E-state index contributed by atoms with van der Waals surface area (Å²) in [6.45, 7) is -4.08. The minimum atomic E-state index is -4.39. The molecule has 8 nitrogen and oxygen atoms in total. The topological polar surface area (TPSA) is 110 Å². The van der Waals surface area contributed by atoms with Crippen LogP contribution in [-0.2, 0) is 25.1 Å². The van der Waals surface area contributed by atoms with Gasteiger partial charge in [-0.15, -0.1) is 0 Å². The lowest BCUT2D eigenvalue weighted by Gasteiger charge is -2.54. The first-order valence-electron chi connectivity index (χ1n) is 10.3. The van der Waals surface area contributed by atoms with Crippen molar-refractivity contribution in [2.45, 2.75) is 36.0 Å². The normalized spacial score (nSPS) is 20.3. The van der Waals surface area contributed by atoms with Crippen LogP contribution in [0.3, 0.4) is 0 Å². The Bertz CT molecular complexity index is 1240. The lowest BCUT2D eigenvalue weighted by molar-refractivity contribution is -0.226. The van der Waals surface area contributed by atoms with Crippen LogP contribution in [0.4, 0.5) is 8.78 Å². The van der Waals surface area contributed by atoms with E-state index in [-0.39, 0.29) is 17.7 Å². The van der Waals surface area contributed by atoms with Gasteiger partial charge >= 0.3 is 12.6 Å². The van der Waals surface area contributed by atoms with Gasteiger partial charge in [-0.2, -0.15) is 13.1 Å². The summed E-state index contributed by atoms with van der Waals surface area (Å²) < 4.78 is 59.3. The van der Waals surface area contributed by atoms with E-state index < -0.39 is 40.8 Å². The second-order valence-corrected chi connectivity index (χ2v) is 9.63. The Morgan fingerprint density at radius 1 is 1.09 bits per heavy atom. The molecule has 11 heteroatoms. The summed E-state index contributed by atoms with van der Waals surface area (Å²) >= 11 is 0. The van der Waals surface area contributed by atoms with Crippen molar-refractivity contribution in [2.75, 3.05) is 6.54 Å². The Kier molecular flexibility index (Phi) is 6.69. The number of rotatable bonds is 9. The predicted octanol–water partition coefficient (Wildman–Crippen LogP) is 3.52. The van der Waals surface area contributed by atoms with Crippen molar-refractivity contribution in [3.05, 3.63) is 78.9 Å². The third-order valence-electron chi connectivity index (χ3n) is 5.92. The molecule has 1 heterocycles. The maximum Gasteiger partial charge on any atom is 0.345 e. The van der Waals surface area contributed by atoms with Crippen LogP contribution in [0.25, 0.3) is 11.1 Å². The summed E-state index contributed by atoms with van der Waals surface area (Å²) in [5, 5.41) is 9.58. The zero-order valence-corrected chi connectivity index (χ0v) is 18.6. The number of alkyl halides is 2. The highest BCUT2D eigenvalue weighted by Crippen LogP contribution is 2.51. The summed E-state index contributed by atoms with van der Waals surface area (Å²) in [6, 6.07) is 13.8. The summed E-state index contributed by atoms with van der Waals surface area (Å²) in [6.07, 6.45) is 3.58. The smallest absolute Gasteiger partial charge is 0.345 e. The highest BCUT2D eigenvalue weighted by Gasteiger charge is 2.58. The highest BCUT2D eigenvalue weighted by atomic mass is 32.2. The van der Waals surface area contributed by atoms with E-state index >= 15 is 0 Å². The number of nitrogens with zero attached hydrogens (tertiary/aromatic N) is 3. The Balaban J connectivity index is 1.84. The van der Waals surface area contributed by atoms with Crippen LogP contribution in [0.2, 0.25) is 0 Å². The van der Waals surface area contributed by atoms with Crippen LogP contribution in [0, 0.1) is 0 Å². The summed E-state index contributed by atoms with van der Waals surface area (Å²) in [5.74, 6) is -1.42. The molecule has 178 valence electrons. The monoisotopic (exact) mass is 489 g/mol. The van der Waals surface area contributed by atoms with Gasteiger partial charge in [-0.05, 0) is 36.1 Å². The van der Waals surface area contributed by atoms with Crippen molar-refractivity contribution >= 4 is 16.0 Å². The van der Waals surface area contributed by atoms with E-state index in [0.717, 1.165) is 9.87 Å². The van der Waals surface area contributed by atoms with Gasteiger partial charge in [0.25, 0.3) is 0 Å². The van der Waals surface area contributed by atoms with Crippen molar-refractivity contribution in [3.63, 3.8) is 0 Å². The standard InChI is InChI=1S/C23H21F2N3O5S/c24-22(25)33-20-10-11-23(20,18-8-6-16(7-9-18)17-12-26-15-27-13-17)28(14-21(29)30)34(31,32)19-4-2-1-3-5-19/h1-9,12-13,15,20,22H,10-11,14H2,(H,29,30). The zero-order chi connectivity index (χ0) is 24.3. The van der Waals surface area contributed by atoms with Gasteiger partial charge in [0.2, 0.25) is 10.0 Å². The molecular formula is C23H21F2N3O5S. The van der Waals surface area contributed by atoms with Crippen LogP contribution >= 0.6 is 0 Å². The van der Waals surface area contributed by atoms with Gasteiger partial charge in [0.05, 0.1) is 16.5 Å². The third kappa shape index (κ3) is 4.41. The van der Waals surface area contributed by atoms with Gasteiger partial charge < -0.3 is 9.84 Å². The molecule has 1 aromatic heterocycles. The maximum absolute atomic E-state index is 13.6. The summed E-state index contributed by atoms with van der Waals surface area (Å²) in [5.41, 5.74) is 0.151. The van der Waals surface area contributed by atoms with Crippen molar-refractivity contribution < 1.29 is 31.8 Å². The van der Waals surface area contributed by atoms with Gasteiger partial charge in [-0.1, -0.05) is 42.5 Å². The second-order valence-electron chi connectivity index (χ2n) is 7.77. The van der Waals surface area contributed by atoms with Crippen LogP contribution < -0.4 is 0 Å². The molecule has 0 aliphatic heterocycles. The van der Waals surface area contributed by atoms with Gasteiger partial charge in [-0.3, -0.25) is 4.79 Å². The minimum absolute atomic E-state index is 0.109. The number of aliphatic carboxylic acids is 1. The molecule has 4 rings (SSSR count).